The predicted molar refractivity (Wildman–Crippen MR) is 179 cm³/mol. The molecule has 0 atom stereocenters. The minimum absolute atomic E-state index is 0.0201. The molecule has 5 rings (SSSR count). The molecule has 2 aliphatic rings. The van der Waals surface area contributed by atoms with E-state index in [2.05, 4.69) is 52.2 Å². The van der Waals surface area contributed by atoms with Crippen LogP contribution in [0.25, 0.3) is 5.57 Å². The van der Waals surface area contributed by atoms with E-state index in [-0.39, 0.29) is 21.2 Å². The van der Waals surface area contributed by atoms with Crippen LogP contribution in [0.4, 0.5) is 5.69 Å². The van der Waals surface area contributed by atoms with Crippen molar-refractivity contribution in [3.05, 3.63) is 104 Å². The van der Waals surface area contributed by atoms with Gasteiger partial charge in [0.25, 0.3) is 5.91 Å². The van der Waals surface area contributed by atoms with Gasteiger partial charge >= 0.3 is 5.97 Å². The van der Waals surface area contributed by atoms with E-state index >= 15 is 0 Å². The summed E-state index contributed by atoms with van der Waals surface area (Å²) in [7, 11) is 1.96. The molecule has 0 fully saturated rings. The Hall–Kier alpha value is -4.10. The fraction of sp³-hybridized carbons (Fsp3) is 0.219. The lowest BCUT2D eigenvalue weighted by Crippen LogP contribution is -2.49. The van der Waals surface area contributed by atoms with Crippen molar-refractivity contribution in [2.75, 3.05) is 33.1 Å². The van der Waals surface area contributed by atoms with Gasteiger partial charge in [0.2, 0.25) is 10.0 Å². The first-order chi connectivity index (χ1) is 20.6. The standard InChI is InChI=1S/C32H34N4O5S2Si/c1-35(2)20-9-13-23-27(15-20)44(5,6)28-16-21(36(3)4)10-14-24(28)29(23)25-17-26(42-30(25)32(38)39)31(37)34-18-19-7-11-22(12-8-19)43(33,40)41/h7-17H,18H2,1-6H3,(H3-,33,34,37,38,39,40,41)/p+1. The number of primary sulfonamides is 1. The van der Waals surface area contributed by atoms with Crippen LogP contribution in [0.2, 0.25) is 13.1 Å². The monoisotopic (exact) mass is 647 g/mol. The summed E-state index contributed by atoms with van der Waals surface area (Å²) in [5.74, 6) is -1.52. The van der Waals surface area contributed by atoms with E-state index in [1.807, 2.05) is 40.3 Å². The Bertz CT molecular complexity index is 1950. The number of hydrogen-bond donors (Lipinski definition) is 3. The second kappa shape index (κ2) is 11.4. The number of hydrogen-bond acceptors (Lipinski definition) is 6. The van der Waals surface area contributed by atoms with Crippen molar-refractivity contribution in [3.63, 3.8) is 0 Å². The van der Waals surface area contributed by atoms with Crippen molar-refractivity contribution in [2.45, 2.75) is 24.5 Å². The third-order valence-electron chi connectivity index (χ3n) is 8.05. The fourth-order valence-corrected chi connectivity index (χ4v) is 10.1. The molecule has 0 saturated heterocycles. The van der Waals surface area contributed by atoms with Gasteiger partial charge in [-0.3, -0.25) is 4.79 Å². The van der Waals surface area contributed by atoms with Crippen LogP contribution in [0, 0.1) is 0 Å². The smallest absolute Gasteiger partial charge is 0.346 e. The van der Waals surface area contributed by atoms with Gasteiger partial charge in [-0.2, -0.15) is 0 Å². The maximum Gasteiger partial charge on any atom is 0.346 e. The summed E-state index contributed by atoms with van der Waals surface area (Å²) in [6.45, 7) is 4.77. The zero-order valence-electron chi connectivity index (χ0n) is 25.4. The van der Waals surface area contributed by atoms with Crippen molar-refractivity contribution in [2.24, 2.45) is 5.14 Å². The number of nitrogens with one attached hydrogen (secondary N) is 1. The number of aromatic carboxylic acids is 1. The highest BCUT2D eigenvalue weighted by atomic mass is 32.2. The molecule has 44 heavy (non-hydrogen) atoms. The first kappa shape index (κ1) is 31.3. The van der Waals surface area contributed by atoms with Crippen LogP contribution in [0.1, 0.15) is 36.0 Å². The quantitative estimate of drug-likeness (QED) is 0.265. The number of amides is 1. The van der Waals surface area contributed by atoms with Crippen LogP contribution < -0.4 is 20.5 Å². The number of carboxylic acid groups (broad SMARTS) is 1. The summed E-state index contributed by atoms with van der Waals surface area (Å²) >= 11 is 0.942. The van der Waals surface area contributed by atoms with E-state index in [1.54, 1.807) is 18.2 Å². The Morgan fingerprint density at radius 1 is 1.02 bits per heavy atom. The van der Waals surface area contributed by atoms with Crippen molar-refractivity contribution >= 4 is 63.5 Å². The lowest BCUT2D eigenvalue weighted by molar-refractivity contribution is -0.462. The maximum atomic E-state index is 13.3. The van der Waals surface area contributed by atoms with Gasteiger partial charge in [0.15, 0.2) is 5.71 Å². The average molecular weight is 648 g/mol. The molecule has 0 saturated carbocycles. The molecular weight excluding hydrogens is 613 g/mol. The van der Waals surface area contributed by atoms with Gasteiger partial charge in [-0.05, 0) is 69.1 Å². The molecule has 3 aromatic rings. The highest BCUT2D eigenvalue weighted by Crippen LogP contribution is 2.44. The van der Waals surface area contributed by atoms with Gasteiger partial charge in [0.05, 0.1) is 9.77 Å². The number of rotatable bonds is 7. The number of benzene rings is 2. The Kier molecular flexibility index (Phi) is 8.14. The van der Waals surface area contributed by atoms with Crippen molar-refractivity contribution < 1.29 is 27.7 Å². The van der Waals surface area contributed by atoms with E-state index < -0.39 is 30.0 Å². The molecular formula is C32H35N4O5S2Si+. The summed E-state index contributed by atoms with van der Waals surface area (Å²) in [5.41, 5.74) is 6.09. The highest BCUT2D eigenvalue weighted by molar-refractivity contribution is 7.89. The first-order valence-electron chi connectivity index (χ1n) is 13.9. The average Bonchev–Trinajstić information content (AvgIpc) is 3.41. The van der Waals surface area contributed by atoms with E-state index in [9.17, 15) is 23.1 Å². The van der Waals surface area contributed by atoms with Gasteiger partial charge in [-0.25, -0.2) is 22.9 Å². The summed E-state index contributed by atoms with van der Waals surface area (Å²) < 4.78 is 25.2. The van der Waals surface area contributed by atoms with Gasteiger partial charge < -0.3 is 15.3 Å². The molecule has 1 aliphatic heterocycles. The molecule has 4 N–H and O–H groups in total. The molecule has 2 aromatic carbocycles. The van der Waals surface area contributed by atoms with Crippen molar-refractivity contribution in [1.82, 2.24) is 5.32 Å². The molecule has 1 aliphatic carbocycles. The van der Waals surface area contributed by atoms with E-state index in [0.29, 0.717) is 11.1 Å². The van der Waals surface area contributed by atoms with Gasteiger partial charge in [0.1, 0.15) is 27.0 Å². The van der Waals surface area contributed by atoms with E-state index in [0.717, 1.165) is 39.4 Å². The number of carboxylic acids is 1. The Labute approximate surface area is 262 Å². The van der Waals surface area contributed by atoms with Crippen LogP contribution >= 0.6 is 11.3 Å². The van der Waals surface area contributed by atoms with Crippen LogP contribution in [0.3, 0.4) is 0 Å². The molecule has 0 radical (unpaired) electrons. The second-order valence-electron chi connectivity index (χ2n) is 11.8. The summed E-state index contributed by atoms with van der Waals surface area (Å²) in [6.07, 6.45) is 6.34. The van der Waals surface area contributed by atoms with Crippen molar-refractivity contribution in [3.8, 4) is 0 Å². The van der Waals surface area contributed by atoms with Gasteiger partial charge in [-0.15, -0.1) is 11.3 Å². The third kappa shape index (κ3) is 5.73. The van der Waals surface area contributed by atoms with Gasteiger partial charge in [-0.1, -0.05) is 31.3 Å². The number of nitrogens with two attached hydrogens (primary N) is 1. The summed E-state index contributed by atoms with van der Waals surface area (Å²) in [6, 6.07) is 13.9. The third-order valence-corrected chi connectivity index (χ3v) is 13.6. The number of fused-ring (bicyclic) bond motifs is 2. The normalized spacial score (nSPS) is 15.3. The molecule has 9 nitrogen and oxygen atoms in total. The first-order valence-corrected chi connectivity index (χ1v) is 19.2. The lowest BCUT2D eigenvalue weighted by atomic mass is 9.89. The number of carbonyl (C=O) groups excluding carboxylic acids is 1. The molecule has 1 aromatic heterocycles. The topological polar surface area (TPSA) is 133 Å². The zero-order valence-corrected chi connectivity index (χ0v) is 28.1. The van der Waals surface area contributed by atoms with Crippen LogP contribution in [-0.2, 0) is 16.6 Å². The Morgan fingerprint density at radius 3 is 2.30 bits per heavy atom. The number of allylic oxidation sites excluding steroid dienone is 5. The Morgan fingerprint density at radius 2 is 1.70 bits per heavy atom. The zero-order chi connectivity index (χ0) is 32.1. The molecule has 2 heterocycles. The molecule has 12 heteroatoms. The number of thiophene rings is 1. The van der Waals surface area contributed by atoms with E-state index in [4.69, 9.17) is 5.14 Å². The lowest BCUT2D eigenvalue weighted by Gasteiger charge is -2.38. The fourth-order valence-electron chi connectivity index (χ4n) is 5.59. The van der Waals surface area contributed by atoms with Gasteiger partial charge in [0, 0.05) is 44.0 Å². The minimum atomic E-state index is -3.82. The highest BCUT2D eigenvalue weighted by Gasteiger charge is 2.41. The van der Waals surface area contributed by atoms with E-state index in [1.165, 1.54) is 22.5 Å². The maximum absolute atomic E-state index is 13.3. The number of nitrogens with zero attached hydrogens (tertiary/aromatic N) is 2. The predicted octanol–water partition coefficient (Wildman–Crippen LogP) is 3.57. The second-order valence-corrected chi connectivity index (χ2v) is 18.7. The SMILES string of the molecule is CN(C)c1ccc2c(c1)[Si](C)(C)C1=CC(=[N+](C)C)C=CC1=C2c1cc(C(=O)NCc2ccc(S(N)(=O)=O)cc2)sc1C(=O)O. The van der Waals surface area contributed by atoms with Crippen LogP contribution in [0.15, 0.2) is 82.4 Å². The summed E-state index contributed by atoms with van der Waals surface area (Å²) in [4.78, 5) is 28.4. The number of sulfonamides is 1. The van der Waals surface area contributed by atoms with Crippen molar-refractivity contribution in [1.29, 1.82) is 0 Å². The molecule has 0 unspecified atom stereocenters. The minimum Gasteiger partial charge on any atom is -0.477 e. The molecule has 0 bridgehead atoms. The number of anilines is 1. The molecule has 1 amide bonds. The molecule has 0 spiro atoms. The molecule has 228 valence electrons. The Balaban J connectivity index is 1.61. The summed E-state index contributed by atoms with van der Waals surface area (Å²) in [5, 5.41) is 20.7. The van der Waals surface area contributed by atoms with Crippen LogP contribution in [0.5, 0.6) is 0 Å². The largest absolute Gasteiger partial charge is 0.477 e. The number of carbonyl (C=O) groups is 2. The van der Waals surface area contributed by atoms with Crippen LogP contribution in [-0.4, -0.2) is 72.0 Å².